The molecule has 68 heavy (non-hydrogen) atoms. The quantitative estimate of drug-likeness (QED) is 0.0541. The molecule has 0 radical (unpaired) electrons. The number of piperidine rings is 1. The minimum atomic E-state index is -2.94. The molecule has 7 heterocycles. The molecule has 3 saturated heterocycles. The molecule has 6 aromatic rings. The van der Waals surface area contributed by atoms with Crippen LogP contribution in [-0.2, 0) is 39.1 Å². The molecule has 10 rings (SSSR count). The van der Waals surface area contributed by atoms with E-state index in [-0.39, 0.29) is 59.3 Å². The van der Waals surface area contributed by atoms with Crippen molar-refractivity contribution >= 4 is 40.3 Å². The molecule has 5 N–H and O–H groups in total. The van der Waals surface area contributed by atoms with Crippen LogP contribution in [0, 0.1) is 17.8 Å². The van der Waals surface area contributed by atoms with E-state index in [1.165, 1.54) is 34.6 Å². The van der Waals surface area contributed by atoms with Crippen molar-refractivity contribution in [3.8, 4) is 17.1 Å². The van der Waals surface area contributed by atoms with E-state index in [4.69, 9.17) is 13.9 Å². The lowest BCUT2D eigenvalue weighted by atomic mass is 9.96. The molecule has 5 atom stereocenters. The maximum atomic E-state index is 14.1. The zero-order valence-electron chi connectivity index (χ0n) is 37.5. The van der Waals surface area contributed by atoms with Gasteiger partial charge in [-0.05, 0) is 92.1 Å². The van der Waals surface area contributed by atoms with E-state index in [1.807, 2.05) is 30.3 Å². The van der Waals surface area contributed by atoms with Gasteiger partial charge in [0.15, 0.2) is 11.4 Å². The molecule has 1 saturated carbocycles. The second-order valence-electron chi connectivity index (χ2n) is 18.1. The summed E-state index contributed by atoms with van der Waals surface area (Å²) >= 11 is 0. The van der Waals surface area contributed by atoms with Crippen molar-refractivity contribution in [2.24, 2.45) is 24.8 Å². The summed E-state index contributed by atoms with van der Waals surface area (Å²) < 4.78 is 50.7. The summed E-state index contributed by atoms with van der Waals surface area (Å²) in [5.41, 5.74) is 3.63. The first-order valence-electron chi connectivity index (χ1n) is 23.2. The highest BCUT2D eigenvalue weighted by Gasteiger charge is 2.47. The van der Waals surface area contributed by atoms with Crippen LogP contribution < -0.4 is 32.3 Å². The van der Waals surface area contributed by atoms with Crippen LogP contribution in [0.1, 0.15) is 71.9 Å². The van der Waals surface area contributed by atoms with Crippen molar-refractivity contribution in [1.29, 1.82) is 0 Å². The number of oxazole rings is 1. The van der Waals surface area contributed by atoms with Crippen LogP contribution in [0.15, 0.2) is 82.5 Å². The SMILES string of the molecule is Cn1c(=O)n(C2CCC(=O)NC2=O)c2ccc(CCCNCC3COC4C(CNCc5ccc(-n6cc(NC(=O)c7coc(-c8ccnc(NCC9CC9)c8)n7)c(C(F)F)n6)cc5)COC34)cc21. The number of fused-ring (bicyclic) bond motifs is 2. The average molecular weight is 934 g/mol. The first-order valence-corrected chi connectivity index (χ1v) is 23.2. The molecule has 18 nitrogen and oxygen atoms in total. The largest absolute Gasteiger partial charge is 0.444 e. The van der Waals surface area contributed by atoms with Crippen molar-refractivity contribution in [3.05, 3.63) is 106 Å². The number of carbonyl (C=O) groups is 3. The van der Waals surface area contributed by atoms with E-state index >= 15 is 0 Å². The number of amides is 3. The second-order valence-corrected chi connectivity index (χ2v) is 18.1. The molecule has 2 aromatic carbocycles. The van der Waals surface area contributed by atoms with Gasteiger partial charge in [-0.3, -0.25) is 28.8 Å². The number of aryl methyl sites for hydroxylation is 2. The number of hydrogen-bond acceptors (Lipinski definition) is 13. The molecule has 356 valence electrons. The van der Waals surface area contributed by atoms with Crippen molar-refractivity contribution in [2.75, 3.05) is 50.0 Å². The molecule has 4 fully saturated rings. The van der Waals surface area contributed by atoms with Gasteiger partial charge in [0.05, 0.1) is 54.0 Å². The fourth-order valence-electron chi connectivity index (χ4n) is 9.38. The molecule has 4 aromatic heterocycles. The van der Waals surface area contributed by atoms with E-state index in [9.17, 15) is 28.0 Å². The summed E-state index contributed by atoms with van der Waals surface area (Å²) in [6.45, 7) is 4.90. The molecule has 1 aliphatic carbocycles. The third kappa shape index (κ3) is 9.71. The lowest BCUT2D eigenvalue weighted by Gasteiger charge is -2.21. The lowest BCUT2D eigenvalue weighted by molar-refractivity contribution is -0.135. The smallest absolute Gasteiger partial charge is 0.329 e. The van der Waals surface area contributed by atoms with Crippen LogP contribution in [0.4, 0.5) is 20.3 Å². The Morgan fingerprint density at radius 1 is 0.912 bits per heavy atom. The number of imide groups is 1. The average Bonchev–Trinajstić information content (AvgIpc) is 3.72. The summed E-state index contributed by atoms with van der Waals surface area (Å²) in [4.78, 5) is 59.1. The lowest BCUT2D eigenvalue weighted by Crippen LogP contribution is -2.44. The van der Waals surface area contributed by atoms with Crippen molar-refractivity contribution < 1.29 is 37.1 Å². The fourth-order valence-corrected chi connectivity index (χ4v) is 9.38. The highest BCUT2D eigenvalue weighted by atomic mass is 19.3. The maximum Gasteiger partial charge on any atom is 0.329 e. The Morgan fingerprint density at radius 3 is 2.43 bits per heavy atom. The number of halogens is 2. The van der Waals surface area contributed by atoms with Crippen molar-refractivity contribution in [3.63, 3.8) is 0 Å². The Labute approximate surface area is 389 Å². The van der Waals surface area contributed by atoms with Gasteiger partial charge >= 0.3 is 5.69 Å². The minimum Gasteiger partial charge on any atom is -0.444 e. The maximum absolute atomic E-state index is 14.1. The summed E-state index contributed by atoms with van der Waals surface area (Å²) in [5, 5.41) is 19.4. The number of pyridine rings is 1. The Balaban J connectivity index is 0.662. The van der Waals surface area contributed by atoms with Crippen LogP contribution >= 0.6 is 0 Å². The van der Waals surface area contributed by atoms with E-state index < -0.39 is 30.0 Å². The summed E-state index contributed by atoms with van der Waals surface area (Å²) in [6, 6.07) is 16.0. The number of alkyl halides is 2. The monoisotopic (exact) mass is 933 g/mol. The number of benzene rings is 2. The van der Waals surface area contributed by atoms with Gasteiger partial charge in [-0.25, -0.2) is 28.2 Å². The number of aromatic nitrogens is 6. The summed E-state index contributed by atoms with van der Waals surface area (Å²) in [5.74, 6) is 0.487. The van der Waals surface area contributed by atoms with Gasteiger partial charge in [0.25, 0.3) is 12.3 Å². The number of carbonyl (C=O) groups excluding carboxylic acids is 3. The minimum absolute atomic E-state index is 0.000797. The molecule has 3 aliphatic heterocycles. The van der Waals surface area contributed by atoms with Gasteiger partial charge in [-0.2, -0.15) is 5.10 Å². The predicted octanol–water partition coefficient (Wildman–Crippen LogP) is 4.91. The topological polar surface area (TPSA) is 213 Å². The van der Waals surface area contributed by atoms with E-state index in [2.05, 4.69) is 41.7 Å². The number of nitrogens with one attached hydrogen (secondary N) is 5. The normalized spacial score (nSPS) is 21.4. The second kappa shape index (κ2) is 19.5. The van der Waals surface area contributed by atoms with Gasteiger partial charge in [-0.1, -0.05) is 18.2 Å². The number of hydrogen-bond donors (Lipinski definition) is 5. The Hall–Kier alpha value is -6.61. The van der Waals surface area contributed by atoms with E-state index in [0.717, 1.165) is 49.1 Å². The van der Waals surface area contributed by atoms with Gasteiger partial charge in [0, 0.05) is 63.2 Å². The molecule has 4 aliphatic rings. The van der Waals surface area contributed by atoms with Crippen molar-refractivity contribution in [1.82, 2.24) is 44.8 Å². The van der Waals surface area contributed by atoms with Gasteiger partial charge in [-0.15, -0.1) is 0 Å². The number of nitrogens with zero attached hydrogens (tertiary/aromatic N) is 6. The molecule has 0 bridgehead atoms. The van der Waals surface area contributed by atoms with Crippen molar-refractivity contribution in [2.45, 2.75) is 69.7 Å². The third-order valence-corrected chi connectivity index (χ3v) is 13.3. The zero-order chi connectivity index (χ0) is 46.9. The summed E-state index contributed by atoms with van der Waals surface area (Å²) in [6.07, 6.45) is 5.85. The fraction of sp³-hybridized carbons (Fsp3) is 0.438. The number of anilines is 2. The molecular weight excluding hydrogens is 881 g/mol. The van der Waals surface area contributed by atoms with Gasteiger partial charge in [0.1, 0.15) is 18.1 Å². The molecule has 0 spiro atoms. The number of imidazole rings is 1. The van der Waals surface area contributed by atoms with Gasteiger partial charge in [0.2, 0.25) is 17.7 Å². The first kappa shape index (κ1) is 45.2. The Morgan fingerprint density at radius 2 is 1.68 bits per heavy atom. The van der Waals surface area contributed by atoms with Crippen LogP contribution in [0.25, 0.3) is 28.2 Å². The zero-order valence-corrected chi connectivity index (χ0v) is 37.5. The number of rotatable bonds is 19. The van der Waals surface area contributed by atoms with Crippen LogP contribution in [0.5, 0.6) is 0 Å². The molecule has 5 unspecified atom stereocenters. The van der Waals surface area contributed by atoms with Crippen LogP contribution in [0.2, 0.25) is 0 Å². The predicted molar refractivity (Wildman–Crippen MR) is 245 cm³/mol. The highest BCUT2D eigenvalue weighted by Crippen LogP contribution is 2.35. The van der Waals surface area contributed by atoms with Crippen LogP contribution in [0.3, 0.4) is 0 Å². The molecule has 20 heteroatoms. The first-order chi connectivity index (χ1) is 33.1. The Bertz CT molecular complexity index is 2870. The molecule has 3 amide bonds. The number of ether oxygens (including phenoxy) is 2. The highest BCUT2D eigenvalue weighted by molar-refractivity contribution is 6.03. The summed E-state index contributed by atoms with van der Waals surface area (Å²) in [7, 11) is 1.70. The Kier molecular flexibility index (Phi) is 13.0. The van der Waals surface area contributed by atoms with E-state index in [0.29, 0.717) is 61.2 Å². The third-order valence-electron chi connectivity index (χ3n) is 13.3. The van der Waals surface area contributed by atoms with Gasteiger partial charge < -0.3 is 35.2 Å². The van der Waals surface area contributed by atoms with E-state index in [1.54, 1.807) is 42.1 Å². The van der Waals surface area contributed by atoms with Crippen LogP contribution in [-0.4, -0.2) is 98.2 Å². The standard InChI is InChI=1S/C48H53F2N11O7/c1-59-38-17-27(8-11-36(38)61(48(59)65)37-12-13-40(62)57-46(37)64)3-2-15-51-21-31-24-66-43-32(25-67-42(31)43)22-52-19-28-6-9-33(10-7-28)60-23-34(41(58-60)44(49)50)55-45(63)35-26-68-47(56-35)30-14-16-53-39(18-30)54-20-29-4-5-29/h6-11,14,16-18,23,26,29,31-32,37,42-44,51-52H,2-5,12-13,15,19-22,24-25H2,1H3,(H,53,54)(H,55,63)(H,57,62,64). The molecular formula is C48H53F2N11O7.